The van der Waals surface area contributed by atoms with Crippen LogP contribution in [0.15, 0.2) is 18.3 Å². The summed E-state index contributed by atoms with van der Waals surface area (Å²) in [6.07, 6.45) is 2.07. The van der Waals surface area contributed by atoms with Gasteiger partial charge in [-0.05, 0) is 25.5 Å². The molecule has 0 saturated carbocycles. The first-order valence-electron chi connectivity index (χ1n) is 5.55. The zero-order chi connectivity index (χ0) is 13.5. The van der Waals surface area contributed by atoms with Crippen LogP contribution >= 0.6 is 0 Å². The average Bonchev–Trinajstić information content (AvgIpc) is 2.35. The van der Waals surface area contributed by atoms with Crippen LogP contribution in [0.2, 0.25) is 0 Å². The summed E-state index contributed by atoms with van der Waals surface area (Å²) in [6, 6.07) is 3.09. The van der Waals surface area contributed by atoms with Crippen molar-refractivity contribution in [2.45, 2.75) is 25.8 Å². The van der Waals surface area contributed by atoms with Gasteiger partial charge in [0.1, 0.15) is 5.82 Å². The van der Waals surface area contributed by atoms with Crippen molar-refractivity contribution in [1.82, 2.24) is 4.98 Å². The van der Waals surface area contributed by atoms with Gasteiger partial charge in [-0.2, -0.15) is 0 Å². The zero-order valence-corrected chi connectivity index (χ0v) is 10.3. The maximum Gasteiger partial charge on any atom is 0.338 e. The van der Waals surface area contributed by atoms with E-state index in [9.17, 15) is 9.59 Å². The Morgan fingerprint density at radius 3 is 2.89 bits per heavy atom. The van der Waals surface area contributed by atoms with Crippen molar-refractivity contribution < 1.29 is 19.4 Å². The Labute approximate surface area is 105 Å². The molecular weight excluding hydrogens is 236 g/mol. The second kappa shape index (κ2) is 6.58. The molecule has 1 unspecified atom stereocenters. The summed E-state index contributed by atoms with van der Waals surface area (Å²) >= 11 is 0. The molecule has 0 radical (unpaired) electrons. The number of carboxylic acid groups (broad SMARTS) is 1. The van der Waals surface area contributed by atoms with Crippen molar-refractivity contribution in [1.29, 1.82) is 0 Å². The highest BCUT2D eigenvalue weighted by Gasteiger charge is 2.09. The van der Waals surface area contributed by atoms with Crippen molar-refractivity contribution in [2.75, 3.05) is 12.4 Å². The quantitative estimate of drug-likeness (QED) is 0.746. The first-order chi connectivity index (χ1) is 8.52. The minimum Gasteiger partial charge on any atom is -0.481 e. The Hall–Kier alpha value is -2.11. The van der Waals surface area contributed by atoms with Gasteiger partial charge in [0.15, 0.2) is 0 Å². The fourth-order valence-electron chi connectivity index (χ4n) is 1.42. The second-order valence-corrected chi connectivity index (χ2v) is 3.90. The maximum atomic E-state index is 11.3. The number of carbonyl (C=O) groups excluding carboxylic acids is 1. The fraction of sp³-hybridized carbons (Fsp3) is 0.417. The molecule has 0 fully saturated rings. The van der Waals surface area contributed by atoms with Gasteiger partial charge in [-0.15, -0.1) is 0 Å². The summed E-state index contributed by atoms with van der Waals surface area (Å²) in [4.78, 5) is 25.8. The number of carbonyl (C=O) groups is 2. The molecule has 0 amide bonds. The van der Waals surface area contributed by atoms with E-state index in [2.05, 4.69) is 15.0 Å². The van der Waals surface area contributed by atoms with Crippen LogP contribution < -0.4 is 5.32 Å². The highest BCUT2D eigenvalue weighted by molar-refractivity contribution is 5.89. The topological polar surface area (TPSA) is 88.5 Å². The minimum absolute atomic E-state index is 0.0403. The van der Waals surface area contributed by atoms with E-state index in [1.54, 1.807) is 12.1 Å². The monoisotopic (exact) mass is 252 g/mol. The lowest BCUT2D eigenvalue weighted by molar-refractivity contribution is -0.137. The molecular formula is C12H16N2O4. The Morgan fingerprint density at radius 1 is 1.56 bits per heavy atom. The first-order valence-corrected chi connectivity index (χ1v) is 5.55. The number of carboxylic acids is 1. The molecule has 1 rings (SSSR count). The predicted octanol–water partition coefficient (Wildman–Crippen LogP) is 1.53. The third kappa shape index (κ3) is 4.40. The molecule has 1 heterocycles. The smallest absolute Gasteiger partial charge is 0.338 e. The van der Waals surface area contributed by atoms with Crippen LogP contribution in [0.4, 0.5) is 5.82 Å². The molecule has 98 valence electrons. The Bertz CT molecular complexity index is 434. The molecule has 0 aliphatic heterocycles. The Morgan fingerprint density at radius 2 is 2.28 bits per heavy atom. The molecule has 1 aromatic heterocycles. The van der Waals surface area contributed by atoms with Gasteiger partial charge in [-0.3, -0.25) is 4.79 Å². The number of ether oxygens (including phenoxy) is 1. The molecule has 0 aromatic carbocycles. The van der Waals surface area contributed by atoms with E-state index in [-0.39, 0.29) is 12.5 Å². The molecule has 18 heavy (non-hydrogen) atoms. The van der Waals surface area contributed by atoms with Gasteiger partial charge in [0, 0.05) is 18.7 Å². The van der Waals surface area contributed by atoms with Gasteiger partial charge >= 0.3 is 11.9 Å². The average molecular weight is 252 g/mol. The van der Waals surface area contributed by atoms with Gasteiger partial charge in [-0.25, -0.2) is 9.78 Å². The lowest BCUT2D eigenvalue weighted by atomic mass is 10.2. The lowest BCUT2D eigenvalue weighted by Crippen LogP contribution is -2.17. The van der Waals surface area contributed by atoms with Crippen LogP contribution in [0.3, 0.4) is 0 Å². The number of esters is 1. The molecule has 1 aromatic rings. The Kier molecular flexibility index (Phi) is 5.10. The third-order valence-corrected chi connectivity index (χ3v) is 2.37. The lowest BCUT2D eigenvalue weighted by Gasteiger charge is -2.13. The normalized spacial score (nSPS) is 11.7. The number of anilines is 1. The number of nitrogens with one attached hydrogen (secondary N) is 1. The number of aromatic nitrogens is 1. The molecule has 0 saturated heterocycles. The SMILES string of the molecule is COC(=O)c1ccnc(NC(C)CCC(=O)O)c1. The van der Waals surface area contributed by atoms with Gasteiger partial charge in [0.2, 0.25) is 0 Å². The van der Waals surface area contributed by atoms with Crippen molar-refractivity contribution in [3.05, 3.63) is 23.9 Å². The van der Waals surface area contributed by atoms with Gasteiger partial charge < -0.3 is 15.2 Å². The van der Waals surface area contributed by atoms with E-state index >= 15 is 0 Å². The van der Waals surface area contributed by atoms with Crippen molar-refractivity contribution in [2.24, 2.45) is 0 Å². The predicted molar refractivity (Wildman–Crippen MR) is 65.5 cm³/mol. The third-order valence-electron chi connectivity index (χ3n) is 2.37. The number of nitrogens with zero attached hydrogens (tertiary/aromatic N) is 1. The van der Waals surface area contributed by atoms with Gasteiger partial charge in [-0.1, -0.05) is 0 Å². The van der Waals surface area contributed by atoms with E-state index in [0.717, 1.165) is 0 Å². The first kappa shape index (κ1) is 14.0. The minimum atomic E-state index is -0.833. The van der Waals surface area contributed by atoms with Crippen LogP contribution in [0.1, 0.15) is 30.1 Å². The number of hydrogen-bond donors (Lipinski definition) is 2. The van der Waals surface area contributed by atoms with E-state index in [4.69, 9.17) is 5.11 Å². The number of pyridine rings is 1. The van der Waals surface area contributed by atoms with Crippen LogP contribution in [-0.4, -0.2) is 35.2 Å². The van der Waals surface area contributed by atoms with E-state index in [1.165, 1.54) is 13.3 Å². The van der Waals surface area contributed by atoms with E-state index in [0.29, 0.717) is 17.8 Å². The summed E-state index contributed by atoms with van der Waals surface area (Å²) in [5.74, 6) is -0.741. The van der Waals surface area contributed by atoms with Crippen LogP contribution in [0.25, 0.3) is 0 Å². The van der Waals surface area contributed by atoms with Crippen molar-refractivity contribution >= 4 is 17.8 Å². The summed E-state index contributed by atoms with van der Waals surface area (Å²) in [6.45, 7) is 1.86. The number of aliphatic carboxylic acids is 1. The second-order valence-electron chi connectivity index (χ2n) is 3.90. The molecule has 2 N–H and O–H groups in total. The fourth-order valence-corrected chi connectivity index (χ4v) is 1.42. The van der Waals surface area contributed by atoms with Gasteiger partial charge in [0.25, 0.3) is 0 Å². The maximum absolute atomic E-state index is 11.3. The molecule has 0 spiro atoms. The van der Waals surface area contributed by atoms with E-state index in [1.807, 2.05) is 6.92 Å². The van der Waals surface area contributed by atoms with E-state index < -0.39 is 11.9 Å². The molecule has 0 aliphatic rings. The highest BCUT2D eigenvalue weighted by Crippen LogP contribution is 2.11. The zero-order valence-electron chi connectivity index (χ0n) is 10.3. The summed E-state index contributed by atoms with van der Waals surface area (Å²) in [5, 5.41) is 11.6. The van der Waals surface area contributed by atoms with Crippen molar-refractivity contribution in [3.8, 4) is 0 Å². The highest BCUT2D eigenvalue weighted by atomic mass is 16.5. The standard InChI is InChI=1S/C12H16N2O4/c1-8(3-4-11(15)16)14-10-7-9(5-6-13-10)12(17)18-2/h5-8H,3-4H2,1-2H3,(H,13,14)(H,15,16). The van der Waals surface area contributed by atoms with Gasteiger partial charge in [0.05, 0.1) is 12.7 Å². The summed E-state index contributed by atoms with van der Waals surface area (Å²) in [7, 11) is 1.31. The van der Waals surface area contributed by atoms with Crippen LogP contribution in [0, 0.1) is 0 Å². The molecule has 0 bridgehead atoms. The molecule has 6 nitrogen and oxygen atoms in total. The largest absolute Gasteiger partial charge is 0.481 e. The number of hydrogen-bond acceptors (Lipinski definition) is 5. The summed E-state index contributed by atoms with van der Waals surface area (Å²) in [5.41, 5.74) is 0.403. The molecule has 6 heteroatoms. The van der Waals surface area contributed by atoms with Crippen molar-refractivity contribution in [3.63, 3.8) is 0 Å². The van der Waals surface area contributed by atoms with Crippen LogP contribution in [-0.2, 0) is 9.53 Å². The number of methoxy groups -OCH3 is 1. The Balaban J connectivity index is 2.61. The molecule has 1 atom stereocenters. The van der Waals surface area contributed by atoms with Crippen LogP contribution in [0.5, 0.6) is 0 Å². The number of rotatable bonds is 6. The molecule has 0 aliphatic carbocycles. The summed E-state index contributed by atoms with van der Waals surface area (Å²) < 4.78 is 4.60.